The molecule has 0 saturated carbocycles. The van der Waals surface area contributed by atoms with Crippen molar-refractivity contribution < 1.29 is 9.47 Å². The standard InChI is InChI=1S/C25H28N6O3/c1-30-21-15-27-25(29-23(21)18-7-5-16(26)13-19(18)24(30)32)28-20-8-6-17(14-22(20)33-2)34-12-11-31-9-3-4-10-31/h5-8,13-15H,3-4,9-12,26H2,1-2H3,(H,27,28,29). The Hall–Kier alpha value is -3.85. The van der Waals surface area contributed by atoms with Crippen LogP contribution in [0.25, 0.3) is 21.8 Å². The van der Waals surface area contributed by atoms with Crippen molar-refractivity contribution in [2.24, 2.45) is 7.05 Å². The number of pyridine rings is 1. The maximum atomic E-state index is 12.7. The smallest absolute Gasteiger partial charge is 0.258 e. The molecule has 176 valence electrons. The maximum absolute atomic E-state index is 12.7. The van der Waals surface area contributed by atoms with Crippen LogP contribution in [-0.2, 0) is 7.05 Å². The van der Waals surface area contributed by atoms with Crippen molar-refractivity contribution in [3.05, 3.63) is 52.9 Å². The van der Waals surface area contributed by atoms with Crippen LogP contribution < -0.4 is 26.1 Å². The molecular formula is C25H28N6O3. The fourth-order valence-corrected chi connectivity index (χ4v) is 4.40. The van der Waals surface area contributed by atoms with Crippen LogP contribution in [0.4, 0.5) is 17.3 Å². The minimum absolute atomic E-state index is 0.138. The van der Waals surface area contributed by atoms with Crippen LogP contribution in [0.2, 0.25) is 0 Å². The fourth-order valence-electron chi connectivity index (χ4n) is 4.40. The van der Waals surface area contributed by atoms with Crippen LogP contribution >= 0.6 is 0 Å². The van der Waals surface area contributed by atoms with Gasteiger partial charge in [0.25, 0.3) is 5.56 Å². The molecule has 2 aromatic carbocycles. The lowest BCUT2D eigenvalue weighted by Crippen LogP contribution is -2.25. The number of nitrogens with zero attached hydrogens (tertiary/aromatic N) is 4. The zero-order chi connectivity index (χ0) is 23.7. The Balaban J connectivity index is 1.41. The first-order valence-corrected chi connectivity index (χ1v) is 11.4. The molecule has 0 bridgehead atoms. The van der Waals surface area contributed by atoms with E-state index in [1.807, 2.05) is 24.3 Å². The van der Waals surface area contributed by atoms with E-state index in [-0.39, 0.29) is 5.56 Å². The topological polar surface area (TPSA) is 108 Å². The molecule has 34 heavy (non-hydrogen) atoms. The predicted octanol–water partition coefficient (Wildman–Crippen LogP) is 3.29. The number of hydrogen-bond donors (Lipinski definition) is 2. The van der Waals surface area contributed by atoms with Crippen molar-refractivity contribution in [3.8, 4) is 11.5 Å². The highest BCUT2D eigenvalue weighted by molar-refractivity contribution is 6.04. The maximum Gasteiger partial charge on any atom is 0.258 e. The van der Waals surface area contributed by atoms with E-state index >= 15 is 0 Å². The number of hydrogen-bond acceptors (Lipinski definition) is 8. The first-order chi connectivity index (χ1) is 16.5. The number of benzene rings is 2. The molecule has 1 fully saturated rings. The van der Waals surface area contributed by atoms with Crippen LogP contribution in [0.15, 0.2) is 47.4 Å². The Morgan fingerprint density at radius 2 is 1.94 bits per heavy atom. The number of nitrogens with one attached hydrogen (secondary N) is 1. The van der Waals surface area contributed by atoms with E-state index in [1.165, 1.54) is 17.4 Å². The molecule has 0 radical (unpaired) electrons. The number of ether oxygens (including phenoxy) is 2. The lowest BCUT2D eigenvalue weighted by atomic mass is 10.1. The minimum Gasteiger partial charge on any atom is -0.494 e. The number of methoxy groups -OCH3 is 1. The molecule has 0 amide bonds. The third-order valence-corrected chi connectivity index (χ3v) is 6.26. The molecule has 4 aromatic rings. The van der Waals surface area contributed by atoms with Crippen LogP contribution in [-0.4, -0.2) is 52.8 Å². The second-order valence-electron chi connectivity index (χ2n) is 8.48. The van der Waals surface area contributed by atoms with E-state index in [0.29, 0.717) is 46.1 Å². The number of likely N-dealkylation sites (tertiary alicyclic amines) is 1. The number of fused-ring (bicyclic) bond motifs is 3. The van der Waals surface area contributed by atoms with Crippen LogP contribution in [0.1, 0.15) is 12.8 Å². The zero-order valence-electron chi connectivity index (χ0n) is 19.4. The van der Waals surface area contributed by atoms with Gasteiger partial charge in [0.2, 0.25) is 5.95 Å². The summed E-state index contributed by atoms with van der Waals surface area (Å²) in [5.41, 5.74) is 8.32. The SMILES string of the molecule is COc1cc(OCCN2CCCC2)ccc1Nc1ncc2c(n1)c1ccc(N)cc1c(=O)n2C. The first kappa shape index (κ1) is 22.0. The Labute approximate surface area is 197 Å². The number of nitrogens with two attached hydrogens (primary N) is 1. The second-order valence-corrected chi connectivity index (χ2v) is 8.48. The summed E-state index contributed by atoms with van der Waals surface area (Å²) in [5.74, 6) is 1.77. The van der Waals surface area contributed by atoms with Crippen molar-refractivity contribution in [2.75, 3.05) is 44.4 Å². The highest BCUT2D eigenvalue weighted by Crippen LogP contribution is 2.31. The van der Waals surface area contributed by atoms with Crippen LogP contribution in [0, 0.1) is 0 Å². The monoisotopic (exact) mass is 460 g/mol. The van der Waals surface area contributed by atoms with Crippen molar-refractivity contribution in [1.82, 2.24) is 19.4 Å². The highest BCUT2D eigenvalue weighted by Gasteiger charge is 2.14. The molecule has 9 nitrogen and oxygen atoms in total. The third kappa shape index (κ3) is 4.22. The molecule has 2 aromatic heterocycles. The number of nitrogen functional groups attached to an aromatic ring is 1. The lowest BCUT2D eigenvalue weighted by Gasteiger charge is -2.16. The van der Waals surface area contributed by atoms with Gasteiger partial charge in [-0.15, -0.1) is 0 Å². The normalized spacial score (nSPS) is 14.1. The van der Waals surface area contributed by atoms with Crippen molar-refractivity contribution in [1.29, 1.82) is 0 Å². The summed E-state index contributed by atoms with van der Waals surface area (Å²) in [6, 6.07) is 10.9. The van der Waals surface area contributed by atoms with Gasteiger partial charge >= 0.3 is 0 Å². The van der Waals surface area contributed by atoms with E-state index < -0.39 is 0 Å². The van der Waals surface area contributed by atoms with Gasteiger partial charge in [-0.1, -0.05) is 0 Å². The molecule has 0 atom stereocenters. The highest BCUT2D eigenvalue weighted by atomic mass is 16.5. The summed E-state index contributed by atoms with van der Waals surface area (Å²) in [6.45, 7) is 3.87. The van der Waals surface area contributed by atoms with E-state index in [1.54, 1.807) is 32.5 Å². The molecule has 3 N–H and O–H groups in total. The molecule has 0 aliphatic carbocycles. The van der Waals surface area contributed by atoms with Gasteiger partial charge < -0.3 is 25.1 Å². The molecule has 3 heterocycles. The van der Waals surface area contributed by atoms with Gasteiger partial charge in [0.15, 0.2) is 0 Å². The number of aromatic nitrogens is 3. The molecule has 1 aliphatic rings. The summed E-state index contributed by atoms with van der Waals surface area (Å²) in [5, 5.41) is 4.48. The van der Waals surface area contributed by atoms with Gasteiger partial charge in [-0.05, 0) is 56.3 Å². The van der Waals surface area contributed by atoms with Gasteiger partial charge in [0, 0.05) is 30.7 Å². The molecule has 0 unspecified atom stereocenters. The molecule has 5 rings (SSSR count). The first-order valence-electron chi connectivity index (χ1n) is 11.4. The largest absolute Gasteiger partial charge is 0.494 e. The van der Waals surface area contributed by atoms with Gasteiger partial charge in [-0.2, -0.15) is 0 Å². The fraction of sp³-hybridized carbons (Fsp3) is 0.320. The molecular weight excluding hydrogens is 432 g/mol. The van der Waals surface area contributed by atoms with Crippen molar-refractivity contribution in [2.45, 2.75) is 12.8 Å². The summed E-state index contributed by atoms with van der Waals surface area (Å²) >= 11 is 0. The molecule has 9 heteroatoms. The number of rotatable bonds is 7. The van der Waals surface area contributed by atoms with E-state index in [9.17, 15) is 4.79 Å². The molecule has 1 aliphatic heterocycles. The van der Waals surface area contributed by atoms with Gasteiger partial charge in [-0.25, -0.2) is 9.97 Å². The predicted molar refractivity (Wildman–Crippen MR) is 134 cm³/mol. The Kier molecular flexibility index (Phi) is 5.93. The van der Waals surface area contributed by atoms with Crippen LogP contribution in [0.3, 0.4) is 0 Å². The quantitative estimate of drug-likeness (QED) is 0.320. The summed E-state index contributed by atoms with van der Waals surface area (Å²) in [4.78, 5) is 24.3. The number of aryl methyl sites for hydroxylation is 1. The van der Waals surface area contributed by atoms with Gasteiger partial charge in [-0.3, -0.25) is 9.69 Å². The van der Waals surface area contributed by atoms with E-state index in [4.69, 9.17) is 20.2 Å². The minimum atomic E-state index is -0.138. The average Bonchev–Trinajstić information content (AvgIpc) is 3.37. The van der Waals surface area contributed by atoms with Gasteiger partial charge in [0.1, 0.15) is 23.6 Å². The molecule has 0 spiro atoms. The molecule has 1 saturated heterocycles. The summed E-state index contributed by atoms with van der Waals surface area (Å²) in [7, 11) is 3.32. The second kappa shape index (κ2) is 9.18. The van der Waals surface area contributed by atoms with Crippen molar-refractivity contribution in [3.63, 3.8) is 0 Å². The van der Waals surface area contributed by atoms with Crippen molar-refractivity contribution >= 4 is 39.1 Å². The van der Waals surface area contributed by atoms with Crippen LogP contribution in [0.5, 0.6) is 11.5 Å². The average molecular weight is 461 g/mol. The summed E-state index contributed by atoms with van der Waals surface area (Å²) in [6.07, 6.45) is 4.18. The van der Waals surface area contributed by atoms with E-state index in [0.717, 1.165) is 30.8 Å². The zero-order valence-corrected chi connectivity index (χ0v) is 19.4. The number of anilines is 3. The summed E-state index contributed by atoms with van der Waals surface area (Å²) < 4.78 is 13.0. The Morgan fingerprint density at radius 1 is 1.12 bits per heavy atom. The Morgan fingerprint density at radius 3 is 2.74 bits per heavy atom. The van der Waals surface area contributed by atoms with E-state index in [2.05, 4.69) is 15.2 Å². The lowest BCUT2D eigenvalue weighted by molar-refractivity contribution is 0.237. The third-order valence-electron chi connectivity index (χ3n) is 6.26. The Bertz CT molecular complexity index is 1410. The van der Waals surface area contributed by atoms with Gasteiger partial charge in [0.05, 0.1) is 29.9 Å².